The van der Waals surface area contributed by atoms with Gasteiger partial charge < -0.3 is 10.1 Å². The van der Waals surface area contributed by atoms with Gasteiger partial charge in [0.2, 0.25) is 0 Å². The topological polar surface area (TPSA) is 38.3 Å². The van der Waals surface area contributed by atoms with Gasteiger partial charge in [0.05, 0.1) is 0 Å². The largest absolute Gasteiger partial charge is 0.369 e. The van der Waals surface area contributed by atoms with Crippen LogP contribution >= 0.6 is 0 Å². The number of rotatable bonds is 3. The molecule has 4 aliphatic rings. The second kappa shape index (κ2) is 3.96. The van der Waals surface area contributed by atoms with E-state index in [9.17, 15) is 4.79 Å². The van der Waals surface area contributed by atoms with Gasteiger partial charge in [-0.2, -0.15) is 0 Å². The van der Waals surface area contributed by atoms with Gasteiger partial charge >= 0.3 is 0 Å². The molecule has 102 valence electrons. The molecule has 4 aliphatic carbocycles. The highest BCUT2D eigenvalue weighted by molar-refractivity contribution is 5.85. The summed E-state index contributed by atoms with van der Waals surface area (Å²) < 4.78 is 5.30. The van der Waals surface area contributed by atoms with E-state index in [0.717, 1.165) is 17.8 Å². The van der Waals surface area contributed by atoms with E-state index in [1.165, 1.54) is 38.5 Å². The van der Waals surface area contributed by atoms with Crippen molar-refractivity contribution in [2.45, 2.75) is 63.5 Å². The first-order valence-corrected chi connectivity index (χ1v) is 7.30. The van der Waals surface area contributed by atoms with E-state index in [2.05, 4.69) is 5.32 Å². The summed E-state index contributed by atoms with van der Waals surface area (Å²) in [5, 5.41) is 3.35. The molecule has 0 radical (unpaired) electrons. The predicted molar refractivity (Wildman–Crippen MR) is 70.1 cm³/mol. The maximum Gasteiger partial charge on any atom is 0.252 e. The van der Waals surface area contributed by atoms with Crippen molar-refractivity contribution < 1.29 is 9.53 Å². The SMILES string of the molecule is COC(C)(C)C(=O)NC12CC3CC(CC(C3)C1)C2. The summed E-state index contributed by atoms with van der Waals surface area (Å²) in [5.74, 6) is 2.65. The average molecular weight is 251 g/mol. The predicted octanol–water partition coefficient (Wildman–Crippen LogP) is 2.50. The molecule has 0 saturated heterocycles. The van der Waals surface area contributed by atoms with Gasteiger partial charge in [0.15, 0.2) is 0 Å². The van der Waals surface area contributed by atoms with Crippen LogP contribution < -0.4 is 5.32 Å². The van der Waals surface area contributed by atoms with Gasteiger partial charge in [-0.1, -0.05) is 0 Å². The Morgan fingerprint density at radius 2 is 1.56 bits per heavy atom. The molecule has 1 amide bonds. The molecule has 0 spiro atoms. The van der Waals surface area contributed by atoms with E-state index < -0.39 is 5.60 Å². The molecule has 0 unspecified atom stereocenters. The molecule has 0 heterocycles. The molecule has 0 aromatic rings. The summed E-state index contributed by atoms with van der Waals surface area (Å²) in [6.07, 6.45) is 7.81. The number of nitrogens with one attached hydrogen (secondary N) is 1. The molecule has 1 N–H and O–H groups in total. The number of carbonyl (C=O) groups excluding carboxylic acids is 1. The summed E-state index contributed by atoms with van der Waals surface area (Å²) >= 11 is 0. The van der Waals surface area contributed by atoms with Crippen molar-refractivity contribution >= 4 is 5.91 Å². The highest BCUT2D eigenvalue weighted by atomic mass is 16.5. The smallest absolute Gasteiger partial charge is 0.252 e. The van der Waals surface area contributed by atoms with E-state index >= 15 is 0 Å². The van der Waals surface area contributed by atoms with Gasteiger partial charge in [0, 0.05) is 12.6 Å². The van der Waals surface area contributed by atoms with Crippen LogP contribution in [0, 0.1) is 17.8 Å². The van der Waals surface area contributed by atoms with E-state index in [1.807, 2.05) is 13.8 Å². The fraction of sp³-hybridized carbons (Fsp3) is 0.933. The van der Waals surface area contributed by atoms with Crippen molar-refractivity contribution in [2.24, 2.45) is 17.8 Å². The quantitative estimate of drug-likeness (QED) is 0.837. The molecular weight excluding hydrogens is 226 g/mol. The first-order chi connectivity index (χ1) is 8.42. The Morgan fingerprint density at radius 1 is 1.11 bits per heavy atom. The van der Waals surface area contributed by atoms with Gasteiger partial charge in [-0.15, -0.1) is 0 Å². The molecule has 3 nitrogen and oxygen atoms in total. The van der Waals surface area contributed by atoms with Crippen molar-refractivity contribution in [3.8, 4) is 0 Å². The van der Waals surface area contributed by atoms with E-state index in [1.54, 1.807) is 7.11 Å². The maximum atomic E-state index is 12.3. The lowest BCUT2D eigenvalue weighted by molar-refractivity contribution is -0.145. The zero-order chi connectivity index (χ0) is 13.0. The van der Waals surface area contributed by atoms with Crippen molar-refractivity contribution in [2.75, 3.05) is 7.11 Å². The number of hydrogen-bond donors (Lipinski definition) is 1. The van der Waals surface area contributed by atoms with Crippen LogP contribution in [-0.2, 0) is 9.53 Å². The summed E-state index contributed by atoms with van der Waals surface area (Å²) in [6.45, 7) is 3.70. The Bertz CT molecular complexity index is 326. The second-order valence-corrected chi connectivity index (χ2v) is 7.37. The van der Waals surface area contributed by atoms with Crippen molar-refractivity contribution in [3.63, 3.8) is 0 Å². The third kappa shape index (κ3) is 1.97. The van der Waals surface area contributed by atoms with E-state index in [0.29, 0.717) is 0 Å². The number of carbonyl (C=O) groups is 1. The molecule has 0 aromatic carbocycles. The van der Waals surface area contributed by atoms with Gasteiger partial charge in [0.25, 0.3) is 5.91 Å². The van der Waals surface area contributed by atoms with Crippen LogP contribution in [-0.4, -0.2) is 24.2 Å². The number of amides is 1. The van der Waals surface area contributed by atoms with Crippen LogP contribution in [0.4, 0.5) is 0 Å². The first-order valence-electron chi connectivity index (χ1n) is 7.30. The van der Waals surface area contributed by atoms with Crippen LogP contribution in [0.25, 0.3) is 0 Å². The molecule has 4 rings (SSSR count). The lowest BCUT2D eigenvalue weighted by Crippen LogP contribution is -2.62. The van der Waals surface area contributed by atoms with Crippen LogP contribution in [0.1, 0.15) is 52.4 Å². The molecule has 0 atom stereocenters. The van der Waals surface area contributed by atoms with E-state index in [4.69, 9.17) is 4.74 Å². The minimum absolute atomic E-state index is 0.0620. The van der Waals surface area contributed by atoms with Gasteiger partial charge in [-0.05, 0) is 70.1 Å². The monoisotopic (exact) mass is 251 g/mol. The summed E-state index contributed by atoms with van der Waals surface area (Å²) in [4.78, 5) is 12.3. The van der Waals surface area contributed by atoms with Crippen LogP contribution in [0.2, 0.25) is 0 Å². The molecular formula is C15H25NO2. The first kappa shape index (κ1) is 12.5. The molecule has 3 heteroatoms. The summed E-state index contributed by atoms with van der Waals surface area (Å²) in [7, 11) is 1.61. The molecule has 0 aromatic heterocycles. The Balaban J connectivity index is 1.74. The highest BCUT2D eigenvalue weighted by Gasteiger charge is 2.52. The minimum Gasteiger partial charge on any atom is -0.369 e. The van der Waals surface area contributed by atoms with Crippen molar-refractivity contribution in [3.05, 3.63) is 0 Å². The van der Waals surface area contributed by atoms with Gasteiger partial charge in [0.1, 0.15) is 5.60 Å². The fourth-order valence-electron chi connectivity index (χ4n) is 4.75. The number of hydrogen-bond acceptors (Lipinski definition) is 2. The van der Waals surface area contributed by atoms with Crippen LogP contribution in [0.5, 0.6) is 0 Å². The molecule has 4 bridgehead atoms. The van der Waals surface area contributed by atoms with Crippen LogP contribution in [0.3, 0.4) is 0 Å². The van der Waals surface area contributed by atoms with Crippen molar-refractivity contribution in [1.82, 2.24) is 5.32 Å². The molecule has 18 heavy (non-hydrogen) atoms. The van der Waals surface area contributed by atoms with Gasteiger partial charge in [-0.3, -0.25) is 4.79 Å². The van der Waals surface area contributed by atoms with Crippen LogP contribution in [0.15, 0.2) is 0 Å². The zero-order valence-electron chi connectivity index (χ0n) is 11.8. The lowest BCUT2D eigenvalue weighted by atomic mass is 9.53. The Labute approximate surface area is 110 Å². The highest BCUT2D eigenvalue weighted by Crippen LogP contribution is 2.55. The average Bonchev–Trinajstić information content (AvgIpc) is 2.26. The second-order valence-electron chi connectivity index (χ2n) is 7.37. The third-order valence-corrected chi connectivity index (χ3v) is 5.47. The van der Waals surface area contributed by atoms with E-state index in [-0.39, 0.29) is 11.4 Å². The van der Waals surface area contributed by atoms with Crippen molar-refractivity contribution in [1.29, 1.82) is 0 Å². The maximum absolute atomic E-state index is 12.3. The standard InChI is InChI=1S/C15H25NO2/c1-14(2,18-3)13(17)16-15-7-10-4-11(8-15)6-12(5-10)9-15/h10-12H,4-9H2,1-3H3,(H,16,17). The lowest BCUT2D eigenvalue weighted by Gasteiger charge is -2.57. The number of ether oxygens (including phenoxy) is 1. The number of methoxy groups -OCH3 is 1. The van der Waals surface area contributed by atoms with Gasteiger partial charge in [-0.25, -0.2) is 0 Å². The summed E-state index contributed by atoms with van der Waals surface area (Å²) in [5.41, 5.74) is -0.606. The molecule has 4 saturated carbocycles. The zero-order valence-corrected chi connectivity index (χ0v) is 11.8. The fourth-order valence-corrected chi connectivity index (χ4v) is 4.75. The summed E-state index contributed by atoms with van der Waals surface area (Å²) in [6, 6.07) is 0. The molecule has 0 aliphatic heterocycles. The Kier molecular flexibility index (Phi) is 2.74. The Morgan fingerprint density at radius 3 is 1.94 bits per heavy atom. The minimum atomic E-state index is -0.705. The third-order valence-electron chi connectivity index (χ3n) is 5.47. The normalized spacial score (nSPS) is 42.1. The Hall–Kier alpha value is -0.570. The molecule has 4 fully saturated rings.